The third-order valence-corrected chi connectivity index (χ3v) is 8.62. The van der Waals surface area contributed by atoms with Crippen LogP contribution in [0.4, 0.5) is 4.79 Å². The molecule has 0 aromatic heterocycles. The van der Waals surface area contributed by atoms with E-state index in [0.717, 1.165) is 19.3 Å². The van der Waals surface area contributed by atoms with Crippen LogP contribution in [0.1, 0.15) is 42.7 Å². The van der Waals surface area contributed by atoms with Crippen LogP contribution in [0.5, 0.6) is 0 Å². The lowest BCUT2D eigenvalue weighted by molar-refractivity contribution is -0.139. The number of benzene rings is 2. The molecule has 0 heterocycles. The zero-order valence-electron chi connectivity index (χ0n) is 19.5. The van der Waals surface area contributed by atoms with Crippen molar-refractivity contribution in [3.05, 3.63) is 59.7 Å². The van der Waals surface area contributed by atoms with Crippen LogP contribution in [0.15, 0.2) is 48.5 Å². The number of alkyl carbamates (subject to hydrolysis) is 1. The van der Waals surface area contributed by atoms with Gasteiger partial charge in [-0.15, -0.1) is 0 Å². The lowest BCUT2D eigenvalue weighted by Crippen LogP contribution is -2.50. The molecule has 0 saturated heterocycles. The van der Waals surface area contributed by atoms with Crippen LogP contribution >= 0.6 is 0 Å². The number of carboxylic acids is 1. The first-order chi connectivity index (χ1) is 17.0. The third-order valence-electron chi connectivity index (χ3n) is 8.62. The molecule has 4 aliphatic carbocycles. The molecule has 7 heteroatoms. The number of fused-ring (bicyclic) bond motifs is 4. The number of hydrogen-bond donors (Lipinski definition) is 3. The summed E-state index contributed by atoms with van der Waals surface area (Å²) in [6, 6.07) is 16.6. The van der Waals surface area contributed by atoms with E-state index in [0.29, 0.717) is 31.4 Å². The van der Waals surface area contributed by atoms with Gasteiger partial charge in [-0.25, -0.2) is 4.79 Å². The number of carbonyl (C=O) groups is 3. The molecule has 4 aliphatic rings. The molecule has 35 heavy (non-hydrogen) atoms. The van der Waals surface area contributed by atoms with E-state index in [1.54, 1.807) is 0 Å². The molecule has 0 bridgehead atoms. The quantitative estimate of drug-likeness (QED) is 0.567. The highest BCUT2D eigenvalue weighted by Crippen LogP contribution is 2.50. The maximum Gasteiger partial charge on any atom is 0.407 e. The van der Waals surface area contributed by atoms with Gasteiger partial charge in [-0.3, -0.25) is 9.59 Å². The van der Waals surface area contributed by atoms with Gasteiger partial charge in [0.05, 0.1) is 5.92 Å². The number of hydrogen-bond acceptors (Lipinski definition) is 4. The first-order valence-electron chi connectivity index (χ1n) is 12.6. The summed E-state index contributed by atoms with van der Waals surface area (Å²) in [5.74, 6) is -0.245. The van der Waals surface area contributed by atoms with Crippen molar-refractivity contribution in [2.45, 2.75) is 37.6 Å². The highest BCUT2D eigenvalue weighted by Gasteiger charge is 2.50. The topological polar surface area (TPSA) is 105 Å². The van der Waals surface area contributed by atoms with E-state index < -0.39 is 12.1 Å². The summed E-state index contributed by atoms with van der Waals surface area (Å²) < 4.78 is 5.69. The molecule has 0 radical (unpaired) electrons. The normalized spacial score (nSPS) is 29.8. The molecule has 0 spiro atoms. The van der Waals surface area contributed by atoms with E-state index in [1.165, 1.54) is 22.3 Å². The first-order valence-corrected chi connectivity index (χ1v) is 12.6. The van der Waals surface area contributed by atoms with Gasteiger partial charge in [-0.05, 0) is 65.7 Å². The van der Waals surface area contributed by atoms with Crippen molar-refractivity contribution in [1.82, 2.24) is 10.6 Å². The number of amides is 2. The lowest BCUT2D eigenvalue weighted by Gasteiger charge is -2.40. The summed E-state index contributed by atoms with van der Waals surface area (Å²) in [5, 5.41) is 15.0. The number of aliphatic carboxylic acids is 1. The smallest absolute Gasteiger partial charge is 0.407 e. The van der Waals surface area contributed by atoms with Gasteiger partial charge < -0.3 is 20.5 Å². The maximum absolute atomic E-state index is 12.6. The Hall–Kier alpha value is -3.35. The Morgan fingerprint density at radius 2 is 1.60 bits per heavy atom. The monoisotopic (exact) mass is 474 g/mol. The van der Waals surface area contributed by atoms with Gasteiger partial charge in [0.15, 0.2) is 0 Å². The Morgan fingerprint density at radius 1 is 0.914 bits per heavy atom. The van der Waals surface area contributed by atoms with Crippen molar-refractivity contribution in [3.63, 3.8) is 0 Å². The fourth-order valence-corrected chi connectivity index (χ4v) is 6.55. The molecule has 3 saturated carbocycles. The SMILES string of the molecule is O=C(NC1CC2CC(C(=O)NC[C@H]3C[C@H]3C(=O)O)CC21)OCC1c2ccccc2-c2ccccc21. The van der Waals surface area contributed by atoms with Gasteiger partial charge in [0, 0.05) is 24.4 Å². The molecule has 6 rings (SSSR count). The van der Waals surface area contributed by atoms with E-state index in [4.69, 9.17) is 9.84 Å². The second-order valence-electron chi connectivity index (χ2n) is 10.6. The summed E-state index contributed by atoms with van der Waals surface area (Å²) in [4.78, 5) is 36.2. The molecule has 6 atom stereocenters. The van der Waals surface area contributed by atoms with Gasteiger partial charge in [-0.1, -0.05) is 48.5 Å². The molecule has 182 valence electrons. The van der Waals surface area contributed by atoms with E-state index in [-0.39, 0.29) is 35.6 Å². The van der Waals surface area contributed by atoms with Gasteiger partial charge in [0.1, 0.15) is 6.61 Å². The zero-order valence-corrected chi connectivity index (χ0v) is 19.5. The Kier molecular flexibility index (Phi) is 5.50. The zero-order chi connectivity index (χ0) is 24.1. The minimum Gasteiger partial charge on any atom is -0.481 e. The van der Waals surface area contributed by atoms with Crippen molar-refractivity contribution in [1.29, 1.82) is 0 Å². The van der Waals surface area contributed by atoms with Crippen molar-refractivity contribution < 1.29 is 24.2 Å². The molecular weight excluding hydrogens is 444 g/mol. The number of carbonyl (C=O) groups excluding carboxylic acids is 2. The van der Waals surface area contributed by atoms with Crippen molar-refractivity contribution >= 4 is 18.0 Å². The highest BCUT2D eigenvalue weighted by atomic mass is 16.5. The van der Waals surface area contributed by atoms with Crippen LogP contribution in [0, 0.1) is 29.6 Å². The van der Waals surface area contributed by atoms with E-state index in [9.17, 15) is 14.4 Å². The molecule has 0 aliphatic heterocycles. The number of nitrogens with one attached hydrogen (secondary N) is 2. The van der Waals surface area contributed by atoms with Gasteiger partial charge in [0.25, 0.3) is 0 Å². The van der Waals surface area contributed by atoms with E-state index in [1.807, 2.05) is 24.3 Å². The van der Waals surface area contributed by atoms with Gasteiger partial charge in [0.2, 0.25) is 5.91 Å². The van der Waals surface area contributed by atoms with Crippen LogP contribution in [0.3, 0.4) is 0 Å². The van der Waals surface area contributed by atoms with Crippen molar-refractivity contribution in [3.8, 4) is 11.1 Å². The summed E-state index contributed by atoms with van der Waals surface area (Å²) in [7, 11) is 0. The molecule has 7 nitrogen and oxygen atoms in total. The van der Waals surface area contributed by atoms with Gasteiger partial charge in [-0.2, -0.15) is 0 Å². The molecule has 4 unspecified atom stereocenters. The molecule has 3 N–H and O–H groups in total. The van der Waals surface area contributed by atoms with Crippen LogP contribution in [-0.2, 0) is 14.3 Å². The summed E-state index contributed by atoms with van der Waals surface area (Å²) in [6.45, 7) is 0.743. The van der Waals surface area contributed by atoms with Crippen LogP contribution in [0.25, 0.3) is 11.1 Å². The molecular formula is C28H30N2O5. The Bertz CT molecular complexity index is 1130. The summed E-state index contributed by atoms with van der Waals surface area (Å²) >= 11 is 0. The minimum absolute atomic E-state index is 0.0235. The Morgan fingerprint density at radius 3 is 2.26 bits per heavy atom. The number of carboxylic acid groups (broad SMARTS) is 1. The predicted molar refractivity (Wildman–Crippen MR) is 129 cm³/mol. The van der Waals surface area contributed by atoms with Gasteiger partial charge >= 0.3 is 12.1 Å². The van der Waals surface area contributed by atoms with Crippen LogP contribution in [-0.4, -0.2) is 42.3 Å². The summed E-state index contributed by atoms with van der Waals surface area (Å²) in [6.07, 6.45) is 2.74. The molecule has 2 amide bonds. The highest BCUT2D eigenvalue weighted by molar-refractivity contribution is 5.80. The lowest BCUT2D eigenvalue weighted by atomic mass is 9.71. The standard InChI is InChI=1S/C28H30N2O5/c31-26(29-13-17-11-23(17)27(32)33)16-9-15-12-25(22(15)10-16)30-28(34)35-14-24-20-7-3-1-5-18(20)19-6-2-4-8-21(19)24/h1-8,15-17,22-25H,9-14H2,(H,29,31)(H,30,34)(H,32,33)/t15?,16?,17-,22?,23-,25?/m1/s1. The second kappa shape index (κ2) is 8.70. The summed E-state index contributed by atoms with van der Waals surface area (Å²) in [5.41, 5.74) is 4.79. The first kappa shape index (κ1) is 22.1. The minimum atomic E-state index is -0.773. The maximum atomic E-state index is 12.6. The number of ether oxygens (including phenoxy) is 1. The molecule has 2 aromatic rings. The van der Waals surface area contributed by atoms with Crippen LogP contribution < -0.4 is 10.6 Å². The Labute approximate surface area is 204 Å². The van der Waals surface area contributed by atoms with Crippen molar-refractivity contribution in [2.24, 2.45) is 29.6 Å². The average Bonchev–Trinajstić information content (AvgIpc) is 3.47. The number of rotatable bonds is 7. The van der Waals surface area contributed by atoms with E-state index >= 15 is 0 Å². The Balaban J connectivity index is 0.985. The second-order valence-corrected chi connectivity index (χ2v) is 10.6. The fourth-order valence-electron chi connectivity index (χ4n) is 6.55. The van der Waals surface area contributed by atoms with Crippen molar-refractivity contribution in [2.75, 3.05) is 13.2 Å². The molecule has 3 fully saturated rings. The molecule has 2 aromatic carbocycles. The van der Waals surface area contributed by atoms with E-state index in [2.05, 4.69) is 34.9 Å². The average molecular weight is 475 g/mol. The fraction of sp³-hybridized carbons (Fsp3) is 0.464. The predicted octanol–water partition coefficient (Wildman–Crippen LogP) is 3.78. The largest absolute Gasteiger partial charge is 0.481 e. The third kappa shape index (κ3) is 4.07. The van der Waals surface area contributed by atoms with Crippen LogP contribution in [0.2, 0.25) is 0 Å².